The molecule has 1 amide bonds. The van der Waals surface area contributed by atoms with Crippen molar-refractivity contribution in [2.45, 2.75) is 38.8 Å². The molecule has 0 aliphatic heterocycles. The number of carbonyl (C=O) groups excluding carboxylic acids is 2. The number of nitrogens with zero attached hydrogens (tertiary/aromatic N) is 1. The zero-order chi connectivity index (χ0) is 19.4. The van der Waals surface area contributed by atoms with Gasteiger partial charge in [0.05, 0.1) is 4.70 Å². The number of nitrogens with one attached hydrogen (secondary N) is 1. The first-order valence-corrected chi connectivity index (χ1v) is 9.50. The van der Waals surface area contributed by atoms with Gasteiger partial charge in [0.1, 0.15) is 11.6 Å². The summed E-state index contributed by atoms with van der Waals surface area (Å²) in [6.07, 6.45) is 1.41. The Morgan fingerprint density at radius 1 is 1.15 bits per heavy atom. The predicted molar refractivity (Wildman–Crippen MR) is 107 cm³/mol. The van der Waals surface area contributed by atoms with E-state index < -0.39 is 17.7 Å². The van der Waals surface area contributed by atoms with Crippen molar-refractivity contribution in [1.29, 1.82) is 0 Å². The van der Waals surface area contributed by atoms with Crippen LogP contribution < -0.4 is 5.32 Å². The second-order valence-electron chi connectivity index (χ2n) is 7.33. The second kappa shape index (κ2) is 7.88. The molecule has 0 spiro atoms. The lowest BCUT2D eigenvalue weighted by molar-refractivity contribution is -0.120. The molecule has 3 rings (SSSR count). The van der Waals surface area contributed by atoms with Crippen molar-refractivity contribution in [2.75, 3.05) is 0 Å². The summed E-state index contributed by atoms with van der Waals surface area (Å²) in [5, 5.41) is 3.78. The van der Waals surface area contributed by atoms with Gasteiger partial charge in [0.15, 0.2) is 5.78 Å². The highest BCUT2D eigenvalue weighted by molar-refractivity contribution is 7.13. The van der Waals surface area contributed by atoms with Gasteiger partial charge in [-0.1, -0.05) is 42.5 Å². The van der Waals surface area contributed by atoms with E-state index in [1.807, 2.05) is 54.7 Å². The second-order valence-corrected chi connectivity index (χ2v) is 8.16. The molecule has 1 aromatic heterocycles. The van der Waals surface area contributed by atoms with Gasteiger partial charge >= 0.3 is 6.09 Å². The predicted octanol–water partition coefficient (Wildman–Crippen LogP) is 4.67. The van der Waals surface area contributed by atoms with Crippen molar-refractivity contribution in [3.63, 3.8) is 0 Å². The highest BCUT2D eigenvalue weighted by Gasteiger charge is 2.25. The first-order valence-electron chi connectivity index (χ1n) is 8.72. The number of Topliss-reactive ketones (excluding diaryl/α,β-unsaturated/α-hetero) is 1. The van der Waals surface area contributed by atoms with Gasteiger partial charge in [0.2, 0.25) is 0 Å². The quantitative estimate of drug-likeness (QED) is 0.696. The molecule has 0 saturated heterocycles. The van der Waals surface area contributed by atoms with Gasteiger partial charge in [-0.15, -0.1) is 0 Å². The lowest BCUT2D eigenvalue weighted by Gasteiger charge is -2.23. The fourth-order valence-electron chi connectivity index (χ4n) is 2.74. The van der Waals surface area contributed by atoms with Crippen molar-refractivity contribution in [2.24, 2.45) is 0 Å². The van der Waals surface area contributed by atoms with Crippen LogP contribution in [-0.4, -0.2) is 21.9 Å². The summed E-state index contributed by atoms with van der Waals surface area (Å²) < 4.78 is 10.5. The van der Waals surface area contributed by atoms with Crippen molar-refractivity contribution in [3.8, 4) is 0 Å². The van der Waals surface area contributed by atoms with Gasteiger partial charge in [0, 0.05) is 18.0 Å². The first kappa shape index (κ1) is 19.0. The molecule has 0 saturated carbocycles. The van der Waals surface area contributed by atoms with E-state index in [9.17, 15) is 9.59 Å². The summed E-state index contributed by atoms with van der Waals surface area (Å²) in [6.45, 7) is 5.36. The molecule has 1 heterocycles. The van der Waals surface area contributed by atoms with Crippen molar-refractivity contribution < 1.29 is 14.3 Å². The average Bonchev–Trinajstić information content (AvgIpc) is 3.06. The number of alkyl carbamates (subject to hydrolysis) is 1. The van der Waals surface area contributed by atoms with Crippen LogP contribution in [-0.2, 0) is 16.0 Å². The van der Waals surface area contributed by atoms with Crippen LogP contribution in [0.5, 0.6) is 0 Å². The Labute approximate surface area is 162 Å². The topological polar surface area (TPSA) is 68.3 Å². The zero-order valence-corrected chi connectivity index (χ0v) is 16.4. The molecule has 6 heteroatoms. The number of ketones is 1. The molecule has 1 atom stereocenters. The molecule has 0 aliphatic carbocycles. The van der Waals surface area contributed by atoms with Crippen LogP contribution in [0.4, 0.5) is 4.79 Å². The molecule has 0 fully saturated rings. The van der Waals surface area contributed by atoms with Crippen molar-refractivity contribution in [1.82, 2.24) is 9.69 Å². The minimum Gasteiger partial charge on any atom is -0.444 e. The lowest BCUT2D eigenvalue weighted by atomic mass is 9.97. The Bertz CT molecular complexity index is 945. The van der Waals surface area contributed by atoms with Gasteiger partial charge in [-0.25, -0.2) is 4.79 Å². The highest BCUT2D eigenvalue weighted by atomic mass is 32.1. The molecule has 3 aromatic rings. The molecule has 0 aliphatic rings. The summed E-state index contributed by atoms with van der Waals surface area (Å²) in [7, 11) is 0. The van der Waals surface area contributed by atoms with E-state index >= 15 is 0 Å². The number of hydrogen-bond donors (Lipinski definition) is 1. The molecular weight excluding hydrogens is 360 g/mol. The number of ether oxygens (including phenoxy) is 1. The first-order chi connectivity index (χ1) is 12.8. The maximum Gasteiger partial charge on any atom is 0.408 e. The number of amides is 1. The molecule has 1 N–H and O–H groups in total. The van der Waals surface area contributed by atoms with Crippen LogP contribution in [0.2, 0.25) is 0 Å². The minimum atomic E-state index is -0.766. The third kappa shape index (κ3) is 5.14. The van der Waals surface area contributed by atoms with E-state index in [4.69, 9.17) is 4.74 Å². The molecule has 0 unspecified atom stereocenters. The van der Waals surface area contributed by atoms with Gasteiger partial charge in [-0.3, -0.25) is 4.79 Å². The van der Waals surface area contributed by atoms with Crippen LogP contribution >= 0.6 is 11.5 Å². The number of benzene rings is 2. The van der Waals surface area contributed by atoms with Crippen LogP contribution in [0.25, 0.3) is 10.1 Å². The third-order valence-corrected chi connectivity index (χ3v) is 4.68. The molecule has 2 aromatic carbocycles. The number of aromatic nitrogens is 1. The minimum absolute atomic E-state index is 0.101. The van der Waals surface area contributed by atoms with Gasteiger partial charge in [-0.05, 0) is 49.5 Å². The summed E-state index contributed by atoms with van der Waals surface area (Å²) in [5.74, 6) is -0.101. The van der Waals surface area contributed by atoms with Crippen LogP contribution in [0.3, 0.4) is 0 Å². The maximum absolute atomic E-state index is 13.0. The zero-order valence-electron chi connectivity index (χ0n) is 15.6. The van der Waals surface area contributed by atoms with Crippen LogP contribution in [0, 0.1) is 0 Å². The van der Waals surface area contributed by atoms with Gasteiger partial charge in [0.25, 0.3) is 0 Å². The Kier molecular flexibility index (Phi) is 5.56. The fourth-order valence-corrected chi connectivity index (χ4v) is 3.45. The summed E-state index contributed by atoms with van der Waals surface area (Å²) in [4.78, 5) is 25.3. The van der Waals surface area contributed by atoms with Crippen molar-refractivity contribution >= 4 is 33.5 Å². The number of rotatable bonds is 5. The van der Waals surface area contributed by atoms with E-state index in [0.29, 0.717) is 0 Å². The highest BCUT2D eigenvalue weighted by Crippen LogP contribution is 2.22. The fraction of sp³-hybridized carbons (Fsp3) is 0.286. The summed E-state index contributed by atoms with van der Waals surface area (Å²) in [5.41, 5.74) is 0.988. The maximum atomic E-state index is 13.0. The van der Waals surface area contributed by atoms with Crippen LogP contribution in [0.15, 0.2) is 54.7 Å². The largest absolute Gasteiger partial charge is 0.444 e. The van der Waals surface area contributed by atoms with Gasteiger partial charge in [-0.2, -0.15) is 4.37 Å². The van der Waals surface area contributed by atoms with E-state index in [2.05, 4.69) is 9.69 Å². The molecule has 140 valence electrons. The Morgan fingerprint density at radius 3 is 2.59 bits per heavy atom. The normalized spacial score (nSPS) is 12.6. The SMILES string of the molecule is CC(C)(C)OC(=O)N[C@@H](C(=O)Cc1ccc2cnsc2c1)c1ccccc1. The Balaban J connectivity index is 1.80. The molecule has 0 radical (unpaired) electrons. The van der Waals surface area contributed by atoms with Crippen LogP contribution in [0.1, 0.15) is 37.9 Å². The number of hydrogen-bond acceptors (Lipinski definition) is 5. The summed E-state index contributed by atoms with van der Waals surface area (Å²) >= 11 is 1.40. The molecule has 0 bridgehead atoms. The molecule has 27 heavy (non-hydrogen) atoms. The van der Waals surface area contributed by atoms with E-state index in [0.717, 1.165) is 21.2 Å². The van der Waals surface area contributed by atoms with Gasteiger partial charge < -0.3 is 10.1 Å². The van der Waals surface area contributed by atoms with E-state index in [-0.39, 0.29) is 12.2 Å². The summed E-state index contributed by atoms with van der Waals surface area (Å²) in [6, 6.07) is 14.3. The molecular formula is C21H22N2O3S. The number of fused-ring (bicyclic) bond motifs is 1. The van der Waals surface area contributed by atoms with Crippen molar-refractivity contribution in [3.05, 3.63) is 65.9 Å². The van der Waals surface area contributed by atoms with E-state index in [1.54, 1.807) is 20.8 Å². The lowest BCUT2D eigenvalue weighted by Crippen LogP contribution is -2.38. The third-order valence-electron chi connectivity index (χ3n) is 3.92. The monoisotopic (exact) mass is 382 g/mol. The van der Waals surface area contributed by atoms with E-state index in [1.165, 1.54) is 11.5 Å². The Morgan fingerprint density at radius 2 is 1.89 bits per heavy atom. The smallest absolute Gasteiger partial charge is 0.408 e. The number of carbonyl (C=O) groups is 2. The Hall–Kier alpha value is -2.73. The average molecular weight is 382 g/mol. The standard InChI is InChI=1S/C21H22N2O3S/c1-21(2,3)26-20(25)23-19(15-7-5-4-6-8-15)17(24)11-14-9-10-16-13-22-27-18(16)12-14/h4-10,12-13,19H,11H2,1-3H3,(H,23,25)/t19-/m1/s1. The molecule has 5 nitrogen and oxygen atoms in total.